The van der Waals surface area contributed by atoms with Crippen LogP contribution >= 0.6 is 11.8 Å². The van der Waals surface area contributed by atoms with Crippen LogP contribution < -0.4 is 5.73 Å². The quantitative estimate of drug-likeness (QED) is 0.814. The summed E-state index contributed by atoms with van der Waals surface area (Å²) in [6, 6.07) is 5.34. The molecule has 0 radical (unpaired) electrons. The average Bonchev–Trinajstić information content (AvgIpc) is 2.47. The first-order chi connectivity index (χ1) is 6.74. The van der Waals surface area contributed by atoms with Gasteiger partial charge in [0.2, 0.25) is 0 Å². The summed E-state index contributed by atoms with van der Waals surface area (Å²) in [5.41, 5.74) is 6.71. The summed E-state index contributed by atoms with van der Waals surface area (Å²) < 4.78 is 13.4. The first-order valence-electron chi connectivity index (χ1n) is 4.89. The van der Waals surface area contributed by atoms with Gasteiger partial charge in [-0.25, -0.2) is 4.39 Å². The van der Waals surface area contributed by atoms with Crippen molar-refractivity contribution < 1.29 is 4.39 Å². The van der Waals surface area contributed by atoms with Crippen molar-refractivity contribution in [2.24, 2.45) is 5.73 Å². The molecule has 2 N–H and O–H groups in total. The van der Waals surface area contributed by atoms with Crippen molar-refractivity contribution in [3.05, 3.63) is 29.6 Å². The Kier molecular flexibility index (Phi) is 2.79. The highest BCUT2D eigenvalue weighted by Crippen LogP contribution is 2.47. The van der Waals surface area contributed by atoms with Crippen LogP contribution in [0.1, 0.15) is 24.8 Å². The Labute approximate surface area is 87.9 Å². The van der Waals surface area contributed by atoms with Crippen molar-refractivity contribution in [3.8, 4) is 0 Å². The fourth-order valence-electron chi connectivity index (χ4n) is 2.03. The molecule has 2 unspecified atom stereocenters. The number of fused-ring (bicyclic) bond motifs is 1. The van der Waals surface area contributed by atoms with Crippen LogP contribution in [0.2, 0.25) is 0 Å². The first-order valence-corrected chi connectivity index (χ1v) is 5.77. The Balaban J connectivity index is 2.37. The third-order valence-corrected chi connectivity index (χ3v) is 4.11. The Hall–Kier alpha value is -0.540. The molecule has 0 spiro atoms. The second kappa shape index (κ2) is 3.91. The van der Waals surface area contributed by atoms with E-state index in [1.54, 1.807) is 17.8 Å². The molecule has 2 atom stereocenters. The molecule has 14 heavy (non-hydrogen) atoms. The molecule has 0 saturated carbocycles. The zero-order valence-electron chi connectivity index (χ0n) is 8.16. The molecule has 2 rings (SSSR count). The molecule has 1 nitrogen and oxygen atoms in total. The zero-order chi connectivity index (χ0) is 10.1. The van der Waals surface area contributed by atoms with Crippen LogP contribution in [0.4, 0.5) is 4.39 Å². The largest absolute Gasteiger partial charge is 0.330 e. The lowest BCUT2D eigenvalue weighted by Crippen LogP contribution is -2.12. The van der Waals surface area contributed by atoms with Crippen LogP contribution in [-0.2, 0) is 0 Å². The lowest BCUT2D eigenvalue weighted by Gasteiger charge is -2.13. The van der Waals surface area contributed by atoms with Gasteiger partial charge in [-0.3, -0.25) is 0 Å². The Morgan fingerprint density at radius 1 is 1.50 bits per heavy atom. The molecule has 3 heteroatoms. The molecule has 0 aliphatic carbocycles. The second-order valence-electron chi connectivity index (χ2n) is 3.66. The normalized spacial score (nSPS) is 25.1. The summed E-state index contributed by atoms with van der Waals surface area (Å²) in [5.74, 6) is 0.342. The minimum Gasteiger partial charge on any atom is -0.330 e. The first kappa shape index (κ1) is 9.99. The molecule has 1 heterocycles. The monoisotopic (exact) mass is 211 g/mol. The predicted molar refractivity (Wildman–Crippen MR) is 58.1 cm³/mol. The van der Waals surface area contributed by atoms with Gasteiger partial charge in [0.05, 0.1) is 0 Å². The van der Waals surface area contributed by atoms with Gasteiger partial charge in [0.15, 0.2) is 0 Å². The van der Waals surface area contributed by atoms with Crippen molar-refractivity contribution in [1.82, 2.24) is 0 Å². The fraction of sp³-hybridized carbons (Fsp3) is 0.455. The van der Waals surface area contributed by atoms with Crippen molar-refractivity contribution in [3.63, 3.8) is 0 Å². The molecular weight excluding hydrogens is 197 g/mol. The van der Waals surface area contributed by atoms with Gasteiger partial charge >= 0.3 is 0 Å². The summed E-state index contributed by atoms with van der Waals surface area (Å²) in [6.07, 6.45) is 0.949. The van der Waals surface area contributed by atoms with Gasteiger partial charge in [-0.05, 0) is 30.5 Å². The Morgan fingerprint density at radius 3 is 3.00 bits per heavy atom. The molecule has 0 bridgehead atoms. The third kappa shape index (κ3) is 1.55. The number of thioether (sulfide) groups is 1. The van der Waals surface area contributed by atoms with E-state index in [1.807, 2.05) is 6.07 Å². The van der Waals surface area contributed by atoms with Crippen molar-refractivity contribution in [2.75, 3.05) is 6.54 Å². The van der Waals surface area contributed by atoms with E-state index >= 15 is 0 Å². The van der Waals surface area contributed by atoms with Gasteiger partial charge in [-0.15, -0.1) is 11.8 Å². The number of halogens is 1. The summed E-state index contributed by atoms with van der Waals surface area (Å²) in [7, 11) is 0. The summed E-state index contributed by atoms with van der Waals surface area (Å²) in [5, 5.41) is 0.449. The van der Waals surface area contributed by atoms with E-state index in [0.717, 1.165) is 16.9 Å². The Morgan fingerprint density at radius 2 is 2.29 bits per heavy atom. The topological polar surface area (TPSA) is 26.0 Å². The minimum absolute atomic E-state index is 0.0844. The molecule has 1 aromatic rings. The smallest absolute Gasteiger partial charge is 0.137 e. The van der Waals surface area contributed by atoms with Crippen LogP contribution in [0, 0.1) is 5.82 Å². The summed E-state index contributed by atoms with van der Waals surface area (Å²) in [6.45, 7) is 2.82. The number of rotatable bonds is 2. The van der Waals surface area contributed by atoms with Gasteiger partial charge in [0.1, 0.15) is 5.82 Å². The summed E-state index contributed by atoms with van der Waals surface area (Å²) >= 11 is 1.64. The van der Waals surface area contributed by atoms with Gasteiger partial charge in [-0.2, -0.15) is 0 Å². The number of nitrogens with two attached hydrogens (primary N) is 1. The van der Waals surface area contributed by atoms with Crippen molar-refractivity contribution in [1.29, 1.82) is 0 Å². The van der Waals surface area contributed by atoms with Crippen LogP contribution in [0.3, 0.4) is 0 Å². The number of hydrogen-bond acceptors (Lipinski definition) is 2. The molecule has 0 fully saturated rings. The molecule has 0 aromatic heterocycles. The average molecular weight is 211 g/mol. The van der Waals surface area contributed by atoms with Gasteiger partial charge in [0.25, 0.3) is 0 Å². The Bertz CT molecular complexity index is 340. The molecule has 1 aliphatic rings. The molecule has 1 aromatic carbocycles. The maximum absolute atomic E-state index is 13.4. The van der Waals surface area contributed by atoms with Crippen molar-refractivity contribution in [2.45, 2.75) is 29.4 Å². The highest BCUT2D eigenvalue weighted by Gasteiger charge is 2.31. The number of benzene rings is 1. The second-order valence-corrected chi connectivity index (χ2v) is 5.05. The molecule has 76 valence electrons. The van der Waals surface area contributed by atoms with Crippen LogP contribution in [0.5, 0.6) is 0 Å². The van der Waals surface area contributed by atoms with E-state index in [4.69, 9.17) is 5.73 Å². The highest BCUT2D eigenvalue weighted by atomic mass is 32.2. The van der Waals surface area contributed by atoms with E-state index in [9.17, 15) is 4.39 Å². The van der Waals surface area contributed by atoms with E-state index in [2.05, 4.69) is 6.92 Å². The maximum atomic E-state index is 13.4. The lowest BCUT2D eigenvalue weighted by molar-refractivity contribution is 0.585. The third-order valence-electron chi connectivity index (χ3n) is 2.74. The SMILES string of the molecule is CC1Sc2c(F)cccc2C1CCN. The molecule has 0 saturated heterocycles. The van der Waals surface area contributed by atoms with Gasteiger partial charge in [0, 0.05) is 10.1 Å². The molecular formula is C11H14FNS. The van der Waals surface area contributed by atoms with E-state index in [-0.39, 0.29) is 5.82 Å². The van der Waals surface area contributed by atoms with Crippen LogP contribution in [0.15, 0.2) is 23.1 Å². The predicted octanol–water partition coefficient (Wildman–Crippen LogP) is 2.75. The minimum atomic E-state index is -0.0844. The fourth-order valence-corrected chi connectivity index (χ4v) is 3.39. The molecule has 0 amide bonds. The van der Waals surface area contributed by atoms with Gasteiger partial charge < -0.3 is 5.73 Å². The van der Waals surface area contributed by atoms with E-state index < -0.39 is 0 Å². The lowest BCUT2D eigenvalue weighted by atomic mass is 9.93. The highest BCUT2D eigenvalue weighted by molar-refractivity contribution is 8.00. The van der Waals surface area contributed by atoms with Gasteiger partial charge in [-0.1, -0.05) is 19.1 Å². The van der Waals surface area contributed by atoms with Crippen LogP contribution in [-0.4, -0.2) is 11.8 Å². The maximum Gasteiger partial charge on any atom is 0.137 e. The van der Waals surface area contributed by atoms with Crippen molar-refractivity contribution >= 4 is 11.8 Å². The van der Waals surface area contributed by atoms with E-state index in [1.165, 1.54) is 6.07 Å². The zero-order valence-corrected chi connectivity index (χ0v) is 8.98. The standard InChI is InChI=1S/C11H14FNS/c1-7-8(5-6-13)9-3-2-4-10(12)11(9)14-7/h2-4,7-8H,5-6,13H2,1H3. The number of hydrogen-bond donors (Lipinski definition) is 1. The molecule has 1 aliphatic heterocycles. The summed E-state index contributed by atoms with van der Waals surface area (Å²) in [4.78, 5) is 0.832. The van der Waals surface area contributed by atoms with E-state index in [0.29, 0.717) is 17.7 Å². The van der Waals surface area contributed by atoms with Crippen LogP contribution in [0.25, 0.3) is 0 Å².